The average Bonchev–Trinajstić information content (AvgIpc) is 2.93. The van der Waals surface area contributed by atoms with E-state index in [1.54, 1.807) is 17.2 Å². The van der Waals surface area contributed by atoms with Gasteiger partial charge in [0.05, 0.1) is 6.20 Å². The molecule has 1 aromatic heterocycles. The van der Waals surface area contributed by atoms with Crippen LogP contribution in [0.5, 0.6) is 0 Å². The minimum Gasteiger partial charge on any atom is -0.343 e. The predicted octanol–water partition coefficient (Wildman–Crippen LogP) is 2.66. The zero-order valence-corrected chi connectivity index (χ0v) is 14.0. The normalized spacial score (nSPS) is 10.5. The molecule has 0 unspecified atom stereocenters. The zero-order chi connectivity index (χ0) is 16.4. The third-order valence-electron chi connectivity index (χ3n) is 3.62. The third kappa shape index (κ3) is 5.87. The van der Waals surface area contributed by atoms with Gasteiger partial charge < -0.3 is 10.2 Å². The topological polar surface area (TPSA) is 67.2 Å². The maximum absolute atomic E-state index is 11.9. The van der Waals surface area contributed by atoms with Crippen molar-refractivity contribution in [2.75, 3.05) is 18.4 Å². The molecule has 0 saturated heterocycles. The second kappa shape index (κ2) is 9.97. The maximum atomic E-state index is 11.9. The summed E-state index contributed by atoms with van der Waals surface area (Å²) in [5.74, 6) is 0.782. The molecule has 2 amide bonds. The summed E-state index contributed by atoms with van der Waals surface area (Å²) in [5, 5.41) is 7.07. The van der Waals surface area contributed by atoms with Crippen LogP contribution in [0.1, 0.15) is 52.9 Å². The molecule has 0 aromatic carbocycles. The standard InChI is InChI=1S/C16H28N4O2/c1-4-7-13-20-14(11-12-17-20)18-15(21)9-8-10-16(22)19(5-2)6-3/h11-12H,4-10,13H2,1-3H3,(H,18,21). The molecule has 1 aromatic rings. The fraction of sp³-hybridized carbons (Fsp3) is 0.688. The molecule has 0 bridgehead atoms. The van der Waals surface area contributed by atoms with Crippen molar-refractivity contribution in [2.24, 2.45) is 0 Å². The fourth-order valence-electron chi connectivity index (χ4n) is 2.26. The molecule has 1 N–H and O–H groups in total. The van der Waals surface area contributed by atoms with Gasteiger partial charge in [0.15, 0.2) is 0 Å². The van der Waals surface area contributed by atoms with Gasteiger partial charge in [-0.15, -0.1) is 0 Å². The highest BCUT2D eigenvalue weighted by molar-refractivity contribution is 5.90. The number of nitrogens with one attached hydrogen (secondary N) is 1. The summed E-state index contributed by atoms with van der Waals surface area (Å²) in [7, 11) is 0. The van der Waals surface area contributed by atoms with E-state index in [1.165, 1.54) is 0 Å². The molecule has 1 heterocycles. The van der Waals surface area contributed by atoms with Crippen LogP contribution in [-0.4, -0.2) is 39.6 Å². The number of aromatic nitrogens is 2. The van der Waals surface area contributed by atoms with Crippen molar-refractivity contribution in [3.05, 3.63) is 12.3 Å². The molecule has 0 spiro atoms. The van der Waals surface area contributed by atoms with E-state index in [-0.39, 0.29) is 11.8 Å². The van der Waals surface area contributed by atoms with E-state index in [1.807, 2.05) is 18.5 Å². The smallest absolute Gasteiger partial charge is 0.225 e. The van der Waals surface area contributed by atoms with Crippen molar-refractivity contribution in [1.82, 2.24) is 14.7 Å². The molecule has 0 radical (unpaired) electrons. The van der Waals surface area contributed by atoms with E-state index >= 15 is 0 Å². The Balaban J connectivity index is 2.35. The van der Waals surface area contributed by atoms with Crippen molar-refractivity contribution in [2.45, 2.75) is 59.4 Å². The van der Waals surface area contributed by atoms with Crippen molar-refractivity contribution in [3.8, 4) is 0 Å². The first kappa shape index (κ1) is 18.2. The first-order valence-corrected chi connectivity index (χ1v) is 8.21. The van der Waals surface area contributed by atoms with E-state index in [2.05, 4.69) is 17.3 Å². The van der Waals surface area contributed by atoms with Crippen LogP contribution in [0.4, 0.5) is 5.82 Å². The number of aryl methyl sites for hydroxylation is 1. The van der Waals surface area contributed by atoms with Gasteiger partial charge in [0.25, 0.3) is 0 Å². The maximum Gasteiger partial charge on any atom is 0.225 e. The minimum atomic E-state index is -0.0643. The fourth-order valence-corrected chi connectivity index (χ4v) is 2.26. The molecule has 0 saturated carbocycles. The van der Waals surface area contributed by atoms with E-state index in [0.717, 1.165) is 38.3 Å². The van der Waals surface area contributed by atoms with Gasteiger partial charge in [-0.05, 0) is 26.7 Å². The molecule has 6 heteroatoms. The first-order chi connectivity index (χ1) is 10.6. The molecule has 124 valence electrons. The van der Waals surface area contributed by atoms with Gasteiger partial charge in [-0.2, -0.15) is 5.10 Å². The van der Waals surface area contributed by atoms with E-state index in [4.69, 9.17) is 0 Å². The Bertz CT molecular complexity index is 466. The summed E-state index contributed by atoms with van der Waals surface area (Å²) in [6, 6.07) is 1.80. The predicted molar refractivity (Wildman–Crippen MR) is 87.5 cm³/mol. The van der Waals surface area contributed by atoms with E-state index < -0.39 is 0 Å². The highest BCUT2D eigenvalue weighted by atomic mass is 16.2. The van der Waals surface area contributed by atoms with Gasteiger partial charge in [-0.25, -0.2) is 4.68 Å². The Morgan fingerprint density at radius 3 is 2.55 bits per heavy atom. The first-order valence-electron chi connectivity index (χ1n) is 8.21. The number of unbranched alkanes of at least 4 members (excludes halogenated alkanes) is 1. The lowest BCUT2D eigenvalue weighted by atomic mass is 10.2. The molecule has 0 atom stereocenters. The lowest BCUT2D eigenvalue weighted by Crippen LogP contribution is -2.30. The van der Waals surface area contributed by atoms with E-state index in [9.17, 15) is 9.59 Å². The van der Waals surface area contributed by atoms with Crippen LogP contribution in [0.2, 0.25) is 0 Å². The molecule has 0 aliphatic heterocycles. The van der Waals surface area contributed by atoms with Crippen LogP contribution >= 0.6 is 0 Å². The number of anilines is 1. The quantitative estimate of drug-likeness (QED) is 0.722. The van der Waals surface area contributed by atoms with Crippen LogP contribution < -0.4 is 5.32 Å². The average molecular weight is 308 g/mol. The molecular weight excluding hydrogens is 280 g/mol. The molecule has 6 nitrogen and oxygen atoms in total. The van der Waals surface area contributed by atoms with Crippen molar-refractivity contribution < 1.29 is 9.59 Å². The van der Waals surface area contributed by atoms with Crippen molar-refractivity contribution in [3.63, 3.8) is 0 Å². The van der Waals surface area contributed by atoms with Crippen LogP contribution in [0, 0.1) is 0 Å². The van der Waals surface area contributed by atoms with Crippen LogP contribution in [0.15, 0.2) is 12.3 Å². The minimum absolute atomic E-state index is 0.0643. The van der Waals surface area contributed by atoms with E-state index in [0.29, 0.717) is 19.3 Å². The van der Waals surface area contributed by atoms with Gasteiger partial charge in [0.2, 0.25) is 11.8 Å². The third-order valence-corrected chi connectivity index (χ3v) is 3.62. The SMILES string of the molecule is CCCCn1nccc1NC(=O)CCCC(=O)N(CC)CC. The van der Waals surface area contributed by atoms with Crippen molar-refractivity contribution >= 4 is 17.6 Å². The molecule has 0 aliphatic carbocycles. The number of hydrogen-bond acceptors (Lipinski definition) is 3. The largest absolute Gasteiger partial charge is 0.343 e. The Labute approximate surface area is 132 Å². The molecule has 0 fully saturated rings. The van der Waals surface area contributed by atoms with Gasteiger partial charge in [-0.1, -0.05) is 13.3 Å². The van der Waals surface area contributed by atoms with Crippen LogP contribution in [-0.2, 0) is 16.1 Å². The summed E-state index contributed by atoms with van der Waals surface area (Å²) in [5.41, 5.74) is 0. The van der Waals surface area contributed by atoms with Gasteiger partial charge in [0, 0.05) is 38.5 Å². The summed E-state index contributed by atoms with van der Waals surface area (Å²) >= 11 is 0. The molecule has 1 rings (SSSR count). The summed E-state index contributed by atoms with van der Waals surface area (Å²) in [6.45, 7) is 8.29. The highest BCUT2D eigenvalue weighted by Gasteiger charge is 2.11. The van der Waals surface area contributed by atoms with Gasteiger partial charge in [-0.3, -0.25) is 9.59 Å². The van der Waals surface area contributed by atoms with Crippen molar-refractivity contribution in [1.29, 1.82) is 0 Å². The Morgan fingerprint density at radius 1 is 1.18 bits per heavy atom. The summed E-state index contributed by atoms with van der Waals surface area (Å²) < 4.78 is 1.81. The molecule has 22 heavy (non-hydrogen) atoms. The zero-order valence-electron chi connectivity index (χ0n) is 14.0. The molecule has 0 aliphatic rings. The lowest BCUT2D eigenvalue weighted by molar-refractivity contribution is -0.130. The van der Waals surface area contributed by atoms with Crippen LogP contribution in [0.3, 0.4) is 0 Å². The monoisotopic (exact) mass is 308 g/mol. The summed E-state index contributed by atoms with van der Waals surface area (Å²) in [6.07, 6.45) is 5.15. The highest BCUT2D eigenvalue weighted by Crippen LogP contribution is 2.09. The Hall–Kier alpha value is -1.85. The van der Waals surface area contributed by atoms with Gasteiger partial charge in [0.1, 0.15) is 5.82 Å². The Morgan fingerprint density at radius 2 is 1.91 bits per heavy atom. The number of amides is 2. The summed E-state index contributed by atoms with van der Waals surface area (Å²) in [4.78, 5) is 25.6. The number of carbonyl (C=O) groups excluding carboxylic acids is 2. The number of hydrogen-bond donors (Lipinski definition) is 1. The second-order valence-electron chi connectivity index (χ2n) is 5.26. The Kier molecular flexibility index (Phi) is 8.25. The number of nitrogens with zero attached hydrogens (tertiary/aromatic N) is 3. The molecular formula is C16H28N4O2. The van der Waals surface area contributed by atoms with Gasteiger partial charge >= 0.3 is 0 Å². The second-order valence-corrected chi connectivity index (χ2v) is 5.26. The van der Waals surface area contributed by atoms with Crippen LogP contribution in [0.25, 0.3) is 0 Å². The number of carbonyl (C=O) groups is 2. The lowest BCUT2D eigenvalue weighted by Gasteiger charge is -2.18. The number of rotatable bonds is 10.